The van der Waals surface area contributed by atoms with Crippen molar-refractivity contribution in [3.63, 3.8) is 0 Å². The number of rotatable bonds is 12. The molecule has 0 aromatic heterocycles. The molecular weight excluding hydrogens is 368 g/mol. The minimum Gasteiger partial charge on any atom is -0.481 e. The van der Waals surface area contributed by atoms with E-state index in [2.05, 4.69) is 18.8 Å². The predicted octanol–water partition coefficient (Wildman–Crippen LogP) is 4.11. The Hall–Kier alpha value is -1.64. The van der Waals surface area contributed by atoms with Crippen LogP contribution in [0.1, 0.15) is 85.5 Å². The second-order valence-electron chi connectivity index (χ2n) is 8.48. The maximum atomic E-state index is 11.7. The van der Waals surface area contributed by atoms with E-state index in [1.807, 2.05) is 20.8 Å². The van der Waals surface area contributed by atoms with Crippen LogP contribution in [0.15, 0.2) is 11.6 Å². The van der Waals surface area contributed by atoms with E-state index in [0.717, 1.165) is 32.1 Å². The van der Waals surface area contributed by atoms with Gasteiger partial charge in [-0.15, -0.1) is 0 Å². The fraction of sp³-hybridized carbons (Fsp3) is 0.750. The van der Waals surface area contributed by atoms with Gasteiger partial charge >= 0.3 is 5.97 Å². The van der Waals surface area contributed by atoms with Gasteiger partial charge in [0, 0.05) is 17.4 Å². The van der Waals surface area contributed by atoms with Crippen LogP contribution in [0, 0.1) is 29.1 Å². The van der Waals surface area contributed by atoms with Crippen molar-refractivity contribution < 1.29 is 24.9 Å². The van der Waals surface area contributed by atoms with Crippen molar-refractivity contribution in [1.82, 2.24) is 0 Å². The third-order valence-corrected chi connectivity index (χ3v) is 6.63. The molecule has 0 radical (unpaired) electrons. The van der Waals surface area contributed by atoms with E-state index in [1.54, 1.807) is 0 Å². The Morgan fingerprint density at radius 3 is 2.38 bits per heavy atom. The Morgan fingerprint density at radius 1 is 1.24 bits per heavy atom. The largest absolute Gasteiger partial charge is 0.481 e. The molecule has 0 amide bonds. The summed E-state index contributed by atoms with van der Waals surface area (Å²) in [6, 6.07) is 0. The highest BCUT2D eigenvalue weighted by atomic mass is 16.4. The van der Waals surface area contributed by atoms with E-state index < -0.39 is 23.6 Å². The Labute approximate surface area is 175 Å². The molecule has 1 aliphatic rings. The second kappa shape index (κ2) is 12.1. The maximum Gasteiger partial charge on any atom is 0.306 e. The first-order chi connectivity index (χ1) is 13.7. The third-order valence-electron chi connectivity index (χ3n) is 6.63. The molecule has 0 saturated carbocycles. The molecule has 0 fully saturated rings. The summed E-state index contributed by atoms with van der Waals surface area (Å²) in [5.74, 6) is 4.42. The van der Waals surface area contributed by atoms with Gasteiger partial charge in [0.25, 0.3) is 0 Å². The van der Waals surface area contributed by atoms with Gasteiger partial charge in [-0.3, -0.25) is 9.59 Å². The molecule has 1 aliphatic carbocycles. The van der Waals surface area contributed by atoms with Crippen LogP contribution in [0.2, 0.25) is 0 Å². The van der Waals surface area contributed by atoms with Crippen molar-refractivity contribution in [3.8, 4) is 11.8 Å². The number of carbonyl (C=O) groups excluding carboxylic acids is 1. The quantitative estimate of drug-likeness (QED) is 0.335. The SMILES string of the molecule is CCCCCC(C(=O)O)C(C)CCC(CC)(CC)C(O)C#CC1=CC(=O)CC1O. The standard InChI is InChI=1S/C24H38O5/c1-5-8-9-10-20(23(28)29)17(4)13-14-24(6-2,7-3)22(27)12-11-18-15-19(25)16-21(18)26/h15,17,20-22,26-27H,5-10,13-14,16H2,1-4H3,(H,28,29). The minimum atomic E-state index is -0.892. The highest BCUT2D eigenvalue weighted by Crippen LogP contribution is 2.38. The summed E-state index contributed by atoms with van der Waals surface area (Å²) in [7, 11) is 0. The van der Waals surface area contributed by atoms with Gasteiger partial charge < -0.3 is 15.3 Å². The summed E-state index contributed by atoms with van der Waals surface area (Å²) in [4.78, 5) is 23.1. The van der Waals surface area contributed by atoms with Crippen molar-refractivity contribution >= 4 is 11.8 Å². The topological polar surface area (TPSA) is 94.8 Å². The van der Waals surface area contributed by atoms with Gasteiger partial charge in [0.2, 0.25) is 0 Å². The highest BCUT2D eigenvalue weighted by Gasteiger charge is 2.35. The van der Waals surface area contributed by atoms with E-state index in [-0.39, 0.29) is 24.0 Å². The van der Waals surface area contributed by atoms with E-state index in [4.69, 9.17) is 0 Å². The Balaban J connectivity index is 2.83. The van der Waals surface area contributed by atoms with Crippen molar-refractivity contribution in [2.75, 3.05) is 0 Å². The van der Waals surface area contributed by atoms with Crippen LogP contribution in [-0.2, 0) is 9.59 Å². The average Bonchev–Trinajstić information content (AvgIpc) is 3.01. The Bertz CT molecular complexity index is 635. The first kappa shape index (κ1) is 25.4. The summed E-state index contributed by atoms with van der Waals surface area (Å²) in [5.41, 5.74) is -0.0626. The molecule has 0 heterocycles. The van der Waals surface area contributed by atoms with Crippen molar-refractivity contribution in [2.24, 2.45) is 17.3 Å². The number of hydrogen-bond acceptors (Lipinski definition) is 4. The number of carboxylic acids is 1. The number of ketones is 1. The van der Waals surface area contributed by atoms with Crippen LogP contribution >= 0.6 is 0 Å². The zero-order valence-corrected chi connectivity index (χ0v) is 18.4. The van der Waals surface area contributed by atoms with Crippen LogP contribution in [0.25, 0.3) is 0 Å². The lowest BCUT2D eigenvalue weighted by Crippen LogP contribution is -2.34. The lowest BCUT2D eigenvalue weighted by atomic mass is 9.71. The van der Waals surface area contributed by atoms with Crippen LogP contribution < -0.4 is 0 Å². The van der Waals surface area contributed by atoms with Crippen molar-refractivity contribution in [1.29, 1.82) is 0 Å². The fourth-order valence-electron chi connectivity index (χ4n) is 4.16. The predicted molar refractivity (Wildman–Crippen MR) is 114 cm³/mol. The molecule has 0 aliphatic heterocycles. The van der Waals surface area contributed by atoms with Gasteiger partial charge in [0.15, 0.2) is 5.78 Å². The normalized spacial score (nSPS) is 19.9. The van der Waals surface area contributed by atoms with Crippen molar-refractivity contribution in [2.45, 2.75) is 97.7 Å². The van der Waals surface area contributed by atoms with Gasteiger partial charge in [0.05, 0.1) is 12.0 Å². The minimum absolute atomic E-state index is 0.0268. The molecule has 0 aromatic carbocycles. The number of carbonyl (C=O) groups is 2. The number of aliphatic hydroxyl groups is 2. The molecule has 5 heteroatoms. The molecule has 3 N–H and O–H groups in total. The highest BCUT2D eigenvalue weighted by molar-refractivity contribution is 5.95. The maximum absolute atomic E-state index is 11.7. The summed E-state index contributed by atoms with van der Waals surface area (Å²) in [6.07, 6.45) is 6.21. The first-order valence-corrected chi connectivity index (χ1v) is 11.1. The van der Waals surface area contributed by atoms with E-state index in [0.29, 0.717) is 24.8 Å². The Morgan fingerprint density at radius 2 is 1.90 bits per heavy atom. The van der Waals surface area contributed by atoms with E-state index in [1.165, 1.54) is 6.08 Å². The smallest absolute Gasteiger partial charge is 0.306 e. The summed E-state index contributed by atoms with van der Waals surface area (Å²) in [6.45, 7) is 8.13. The third kappa shape index (κ3) is 7.28. The van der Waals surface area contributed by atoms with Crippen LogP contribution in [0.4, 0.5) is 0 Å². The molecule has 5 nitrogen and oxygen atoms in total. The molecule has 1 rings (SSSR count). The number of carboxylic acid groups (broad SMARTS) is 1. The molecule has 29 heavy (non-hydrogen) atoms. The van der Waals surface area contributed by atoms with Gasteiger partial charge in [-0.05, 0) is 44.1 Å². The molecule has 4 unspecified atom stereocenters. The van der Waals surface area contributed by atoms with Crippen molar-refractivity contribution in [3.05, 3.63) is 11.6 Å². The monoisotopic (exact) mass is 406 g/mol. The molecule has 0 bridgehead atoms. The number of hydrogen-bond donors (Lipinski definition) is 3. The number of aliphatic carboxylic acids is 1. The molecule has 4 atom stereocenters. The number of allylic oxidation sites excluding steroid dienone is 1. The molecule has 0 spiro atoms. The zero-order chi connectivity index (χ0) is 22.0. The first-order valence-electron chi connectivity index (χ1n) is 11.1. The Kier molecular flexibility index (Phi) is 10.6. The summed E-state index contributed by atoms with van der Waals surface area (Å²) >= 11 is 0. The molecule has 0 aromatic rings. The van der Waals surface area contributed by atoms with Gasteiger partial charge in [-0.2, -0.15) is 0 Å². The molecule has 0 saturated heterocycles. The van der Waals surface area contributed by atoms with E-state index >= 15 is 0 Å². The average molecular weight is 407 g/mol. The van der Waals surface area contributed by atoms with Crippen LogP contribution in [0.3, 0.4) is 0 Å². The molecule has 164 valence electrons. The lowest BCUT2D eigenvalue weighted by Gasteiger charge is -2.35. The fourth-order valence-corrected chi connectivity index (χ4v) is 4.16. The van der Waals surface area contributed by atoms with Gasteiger partial charge in [0.1, 0.15) is 6.10 Å². The second-order valence-corrected chi connectivity index (χ2v) is 8.48. The lowest BCUT2D eigenvalue weighted by molar-refractivity contribution is -0.144. The number of unbranched alkanes of at least 4 members (excludes halogenated alkanes) is 2. The van der Waals surface area contributed by atoms with Gasteiger partial charge in [-0.25, -0.2) is 0 Å². The molecular formula is C24H38O5. The van der Waals surface area contributed by atoms with Crippen LogP contribution in [-0.4, -0.2) is 39.3 Å². The number of aliphatic hydroxyl groups excluding tert-OH is 2. The zero-order valence-electron chi connectivity index (χ0n) is 18.4. The summed E-state index contributed by atoms with van der Waals surface area (Å²) in [5, 5.41) is 30.3. The summed E-state index contributed by atoms with van der Waals surface area (Å²) < 4.78 is 0. The van der Waals surface area contributed by atoms with Crippen LogP contribution in [0.5, 0.6) is 0 Å². The van der Waals surface area contributed by atoms with Gasteiger partial charge in [-0.1, -0.05) is 58.8 Å². The van der Waals surface area contributed by atoms with E-state index in [9.17, 15) is 24.9 Å².